The highest BCUT2D eigenvalue weighted by molar-refractivity contribution is 5.65. The molecule has 2 aromatic rings. The highest BCUT2D eigenvalue weighted by Crippen LogP contribution is 2.31. The molecule has 0 heterocycles. The van der Waals surface area contributed by atoms with Crippen molar-refractivity contribution < 1.29 is 22.7 Å². The van der Waals surface area contributed by atoms with Crippen LogP contribution in [0.1, 0.15) is 5.56 Å². The lowest BCUT2D eigenvalue weighted by atomic mass is 10.0. The van der Waals surface area contributed by atoms with Crippen LogP contribution in [-0.2, 0) is 6.18 Å². The van der Waals surface area contributed by atoms with E-state index < -0.39 is 23.3 Å². The third-order valence-electron chi connectivity index (χ3n) is 2.49. The van der Waals surface area contributed by atoms with E-state index in [1.54, 1.807) is 0 Å². The van der Waals surface area contributed by atoms with Crippen LogP contribution >= 0.6 is 0 Å². The third-order valence-corrected chi connectivity index (χ3v) is 2.49. The first-order chi connectivity index (χ1) is 8.38. The molecule has 0 spiro atoms. The van der Waals surface area contributed by atoms with Gasteiger partial charge in [0.25, 0.3) is 0 Å². The second kappa shape index (κ2) is 4.33. The summed E-state index contributed by atoms with van der Waals surface area (Å²) in [5.41, 5.74) is 0.165. The molecule has 0 atom stereocenters. The van der Waals surface area contributed by atoms with E-state index in [2.05, 4.69) is 0 Å². The van der Waals surface area contributed by atoms with Gasteiger partial charge in [-0.15, -0.1) is 0 Å². The lowest BCUT2D eigenvalue weighted by molar-refractivity contribution is -0.137. The van der Waals surface area contributed by atoms with Gasteiger partial charge in [0, 0.05) is 0 Å². The van der Waals surface area contributed by atoms with Crippen LogP contribution in [0.4, 0.5) is 17.6 Å². The number of phenols is 1. The number of aromatic hydroxyl groups is 1. The maximum Gasteiger partial charge on any atom is 0.416 e. The van der Waals surface area contributed by atoms with Gasteiger partial charge in [0.15, 0.2) is 11.6 Å². The van der Waals surface area contributed by atoms with Crippen molar-refractivity contribution in [3.8, 4) is 16.9 Å². The number of hydrogen-bond acceptors (Lipinski definition) is 1. The van der Waals surface area contributed by atoms with Gasteiger partial charge in [-0.2, -0.15) is 13.2 Å². The van der Waals surface area contributed by atoms with E-state index in [0.717, 1.165) is 24.3 Å². The van der Waals surface area contributed by atoms with Gasteiger partial charge in [-0.05, 0) is 35.4 Å². The van der Waals surface area contributed by atoms with Gasteiger partial charge < -0.3 is 5.11 Å². The molecule has 94 valence electrons. The van der Waals surface area contributed by atoms with Crippen LogP contribution in [0.5, 0.6) is 5.75 Å². The molecule has 0 unspecified atom stereocenters. The molecule has 0 amide bonds. The van der Waals surface area contributed by atoms with Crippen molar-refractivity contribution in [2.45, 2.75) is 6.18 Å². The largest absolute Gasteiger partial charge is 0.505 e. The monoisotopic (exact) mass is 256 g/mol. The third kappa shape index (κ3) is 2.45. The van der Waals surface area contributed by atoms with Gasteiger partial charge in [0.2, 0.25) is 0 Å². The first-order valence-electron chi connectivity index (χ1n) is 5.04. The first-order valence-corrected chi connectivity index (χ1v) is 5.04. The van der Waals surface area contributed by atoms with Gasteiger partial charge in [0.05, 0.1) is 5.56 Å². The molecule has 2 aromatic carbocycles. The lowest BCUT2D eigenvalue weighted by Crippen LogP contribution is -2.03. The fourth-order valence-corrected chi connectivity index (χ4v) is 1.54. The summed E-state index contributed by atoms with van der Waals surface area (Å²) in [6, 6.07) is 8.04. The number of hydrogen-bond donors (Lipinski definition) is 1. The van der Waals surface area contributed by atoms with Gasteiger partial charge in [-0.3, -0.25) is 0 Å². The van der Waals surface area contributed by atoms with Gasteiger partial charge >= 0.3 is 6.18 Å². The molecule has 0 aliphatic heterocycles. The summed E-state index contributed by atoms with van der Waals surface area (Å²) < 4.78 is 49.9. The lowest BCUT2D eigenvalue weighted by Gasteiger charge is -2.08. The summed E-state index contributed by atoms with van der Waals surface area (Å²) in [7, 11) is 0. The van der Waals surface area contributed by atoms with Crippen molar-refractivity contribution in [2.24, 2.45) is 0 Å². The van der Waals surface area contributed by atoms with Crippen molar-refractivity contribution in [2.75, 3.05) is 0 Å². The quantitative estimate of drug-likeness (QED) is 0.757. The summed E-state index contributed by atoms with van der Waals surface area (Å²) in [4.78, 5) is 0. The van der Waals surface area contributed by atoms with E-state index in [4.69, 9.17) is 0 Å². The summed E-state index contributed by atoms with van der Waals surface area (Å²) in [5.74, 6) is -1.31. The smallest absolute Gasteiger partial charge is 0.416 e. The normalized spacial score (nSPS) is 11.6. The summed E-state index contributed by atoms with van der Waals surface area (Å²) in [5, 5.41) is 9.19. The summed E-state index contributed by atoms with van der Waals surface area (Å²) in [6.07, 6.45) is -4.39. The van der Waals surface area contributed by atoms with Crippen LogP contribution in [0, 0.1) is 5.82 Å². The Morgan fingerprint density at radius 2 is 1.39 bits per heavy atom. The Labute approximate surface area is 100 Å². The molecule has 0 aromatic heterocycles. The maximum atomic E-state index is 12.8. The van der Waals surface area contributed by atoms with Crippen molar-refractivity contribution in [3.05, 3.63) is 53.8 Å². The van der Waals surface area contributed by atoms with Crippen LogP contribution in [0.2, 0.25) is 0 Å². The number of rotatable bonds is 1. The van der Waals surface area contributed by atoms with E-state index in [9.17, 15) is 22.7 Å². The summed E-state index contributed by atoms with van der Waals surface area (Å²) >= 11 is 0. The Balaban J connectivity index is 2.37. The SMILES string of the molecule is Oc1cc(-c2ccc(C(F)(F)F)cc2)ccc1F. The van der Waals surface area contributed by atoms with Gasteiger partial charge in [0.1, 0.15) is 0 Å². The standard InChI is InChI=1S/C13H8F4O/c14-11-6-3-9(7-12(11)18)8-1-4-10(5-2-8)13(15,16)17/h1-7,18H. The van der Waals surface area contributed by atoms with E-state index >= 15 is 0 Å². The highest BCUT2D eigenvalue weighted by atomic mass is 19.4. The average Bonchev–Trinajstić information content (AvgIpc) is 2.32. The Hall–Kier alpha value is -2.04. The van der Waals surface area contributed by atoms with Gasteiger partial charge in [-0.25, -0.2) is 4.39 Å². The van der Waals surface area contributed by atoms with Crippen molar-refractivity contribution in [1.82, 2.24) is 0 Å². The Bertz CT molecular complexity index is 558. The van der Waals surface area contributed by atoms with E-state index in [0.29, 0.717) is 11.1 Å². The number of halogens is 4. The topological polar surface area (TPSA) is 20.2 Å². The molecular formula is C13H8F4O. The molecule has 0 radical (unpaired) electrons. The molecule has 18 heavy (non-hydrogen) atoms. The number of benzene rings is 2. The Morgan fingerprint density at radius 1 is 0.833 bits per heavy atom. The minimum absolute atomic E-state index is 0.447. The molecule has 0 bridgehead atoms. The fraction of sp³-hybridized carbons (Fsp3) is 0.0769. The molecule has 0 saturated carbocycles. The molecule has 1 nitrogen and oxygen atoms in total. The average molecular weight is 256 g/mol. The van der Waals surface area contributed by atoms with Crippen LogP contribution in [0.3, 0.4) is 0 Å². The number of phenolic OH excluding ortho intramolecular Hbond substituents is 1. The molecule has 2 rings (SSSR count). The molecule has 5 heteroatoms. The maximum absolute atomic E-state index is 12.8. The molecule has 0 fully saturated rings. The molecule has 0 aliphatic carbocycles. The fourth-order valence-electron chi connectivity index (χ4n) is 1.54. The van der Waals surface area contributed by atoms with E-state index in [1.165, 1.54) is 18.2 Å². The zero-order chi connectivity index (χ0) is 13.3. The second-order valence-electron chi connectivity index (χ2n) is 3.74. The minimum atomic E-state index is -4.39. The minimum Gasteiger partial charge on any atom is -0.505 e. The van der Waals surface area contributed by atoms with Gasteiger partial charge in [-0.1, -0.05) is 18.2 Å². The molecular weight excluding hydrogens is 248 g/mol. The van der Waals surface area contributed by atoms with Crippen LogP contribution in [-0.4, -0.2) is 5.11 Å². The predicted molar refractivity (Wildman–Crippen MR) is 58.5 cm³/mol. The van der Waals surface area contributed by atoms with Crippen molar-refractivity contribution in [3.63, 3.8) is 0 Å². The Morgan fingerprint density at radius 3 is 1.89 bits per heavy atom. The van der Waals surface area contributed by atoms with Crippen LogP contribution < -0.4 is 0 Å². The van der Waals surface area contributed by atoms with Crippen molar-refractivity contribution >= 4 is 0 Å². The predicted octanol–water partition coefficient (Wildman–Crippen LogP) is 4.22. The zero-order valence-electron chi connectivity index (χ0n) is 9.00. The molecule has 1 N–H and O–H groups in total. The van der Waals surface area contributed by atoms with Crippen LogP contribution in [0.25, 0.3) is 11.1 Å². The van der Waals surface area contributed by atoms with Crippen molar-refractivity contribution in [1.29, 1.82) is 0 Å². The second-order valence-corrected chi connectivity index (χ2v) is 3.74. The first kappa shape index (κ1) is 12.4. The Kier molecular flexibility index (Phi) is 2.98. The van der Waals surface area contributed by atoms with Crippen LogP contribution in [0.15, 0.2) is 42.5 Å². The van der Waals surface area contributed by atoms with E-state index in [-0.39, 0.29) is 0 Å². The molecule has 0 saturated heterocycles. The molecule has 0 aliphatic rings. The number of alkyl halides is 3. The zero-order valence-corrected chi connectivity index (χ0v) is 9.00. The highest BCUT2D eigenvalue weighted by Gasteiger charge is 2.29. The van der Waals surface area contributed by atoms with E-state index in [1.807, 2.05) is 0 Å². The summed E-state index contributed by atoms with van der Waals surface area (Å²) in [6.45, 7) is 0.